The van der Waals surface area contributed by atoms with Crippen LogP contribution in [0.1, 0.15) is 16.1 Å². The maximum absolute atomic E-state index is 12.9. The lowest BCUT2D eigenvalue weighted by atomic mass is 10.1. The Balaban J connectivity index is 1.52. The highest BCUT2D eigenvalue weighted by atomic mass is 35.5. The van der Waals surface area contributed by atoms with E-state index in [2.05, 4.69) is 19.9 Å². The van der Waals surface area contributed by atoms with Gasteiger partial charge in [0, 0.05) is 54.5 Å². The summed E-state index contributed by atoms with van der Waals surface area (Å²) >= 11 is 6.08. The quantitative estimate of drug-likeness (QED) is 0.767. The summed E-state index contributed by atoms with van der Waals surface area (Å²) in [7, 11) is 0. The van der Waals surface area contributed by atoms with Crippen LogP contribution in [0.25, 0.3) is 10.9 Å². The van der Waals surface area contributed by atoms with Crippen molar-refractivity contribution < 1.29 is 4.79 Å². The number of benzene rings is 1. The molecule has 25 heavy (non-hydrogen) atoms. The van der Waals surface area contributed by atoms with Crippen molar-refractivity contribution in [3.8, 4) is 0 Å². The summed E-state index contributed by atoms with van der Waals surface area (Å²) in [6, 6.07) is 7.43. The molecule has 128 valence electrons. The molecule has 1 aliphatic rings. The van der Waals surface area contributed by atoms with Crippen molar-refractivity contribution in [1.82, 2.24) is 19.9 Å². The number of carbonyl (C=O) groups excluding carboxylic acids is 1. The third-order valence-electron chi connectivity index (χ3n) is 4.64. The van der Waals surface area contributed by atoms with Crippen molar-refractivity contribution in [2.24, 2.45) is 0 Å². The van der Waals surface area contributed by atoms with Crippen LogP contribution >= 0.6 is 11.6 Å². The van der Waals surface area contributed by atoms with Crippen LogP contribution in [0.5, 0.6) is 0 Å². The Morgan fingerprint density at radius 2 is 1.88 bits per heavy atom. The summed E-state index contributed by atoms with van der Waals surface area (Å²) in [5, 5.41) is 1.66. The number of halogens is 1. The topological polar surface area (TPSA) is 65.1 Å². The normalized spacial score (nSPS) is 15.0. The van der Waals surface area contributed by atoms with E-state index in [9.17, 15) is 4.79 Å². The van der Waals surface area contributed by atoms with E-state index in [-0.39, 0.29) is 5.91 Å². The number of piperazine rings is 1. The number of amides is 1. The van der Waals surface area contributed by atoms with Crippen LogP contribution in [-0.2, 0) is 0 Å². The lowest BCUT2D eigenvalue weighted by Gasteiger charge is -2.34. The fourth-order valence-corrected chi connectivity index (χ4v) is 3.41. The van der Waals surface area contributed by atoms with Crippen molar-refractivity contribution >= 4 is 34.4 Å². The van der Waals surface area contributed by atoms with E-state index in [4.69, 9.17) is 11.6 Å². The van der Waals surface area contributed by atoms with Crippen LogP contribution in [-0.4, -0.2) is 51.9 Å². The highest BCUT2D eigenvalue weighted by molar-refractivity contribution is 6.31. The van der Waals surface area contributed by atoms with Crippen molar-refractivity contribution in [2.75, 3.05) is 31.1 Å². The number of nitrogens with zero attached hydrogens (tertiary/aromatic N) is 4. The maximum atomic E-state index is 12.9. The number of rotatable bonds is 2. The number of aromatic nitrogens is 3. The van der Waals surface area contributed by atoms with Crippen LogP contribution in [0.15, 0.2) is 36.7 Å². The second kappa shape index (κ2) is 6.37. The first-order valence-electron chi connectivity index (χ1n) is 8.22. The van der Waals surface area contributed by atoms with Crippen molar-refractivity contribution in [3.05, 3.63) is 52.9 Å². The third kappa shape index (κ3) is 2.93. The van der Waals surface area contributed by atoms with Gasteiger partial charge in [-0.25, -0.2) is 9.97 Å². The van der Waals surface area contributed by atoms with Gasteiger partial charge in [-0.3, -0.25) is 4.79 Å². The van der Waals surface area contributed by atoms with E-state index in [1.807, 2.05) is 30.0 Å². The van der Waals surface area contributed by atoms with Gasteiger partial charge in [0.25, 0.3) is 5.91 Å². The van der Waals surface area contributed by atoms with E-state index in [0.29, 0.717) is 29.8 Å². The Labute approximate surface area is 150 Å². The van der Waals surface area contributed by atoms with Gasteiger partial charge in [0.1, 0.15) is 5.69 Å². The summed E-state index contributed by atoms with van der Waals surface area (Å²) in [6.45, 7) is 4.69. The van der Waals surface area contributed by atoms with Gasteiger partial charge in [0.15, 0.2) is 0 Å². The molecule has 7 heteroatoms. The first kappa shape index (κ1) is 15.9. The Bertz CT molecular complexity index is 916. The number of aromatic amines is 1. The molecule has 0 unspecified atom stereocenters. The lowest BCUT2D eigenvalue weighted by Crippen LogP contribution is -2.49. The van der Waals surface area contributed by atoms with Crippen LogP contribution in [0, 0.1) is 6.92 Å². The number of hydrogen-bond acceptors (Lipinski definition) is 4. The number of H-pyrrole nitrogens is 1. The first-order valence-corrected chi connectivity index (χ1v) is 8.60. The minimum atomic E-state index is 0.0263. The number of nitrogens with one attached hydrogen (secondary N) is 1. The lowest BCUT2D eigenvalue weighted by molar-refractivity contribution is 0.0740. The molecule has 1 N–H and O–H groups in total. The summed E-state index contributed by atoms with van der Waals surface area (Å²) in [5.41, 5.74) is 2.51. The number of aryl methyl sites for hydroxylation is 1. The van der Waals surface area contributed by atoms with Gasteiger partial charge in [-0.05, 0) is 36.8 Å². The average Bonchev–Trinajstić information content (AvgIpc) is 2.98. The second-order valence-electron chi connectivity index (χ2n) is 6.14. The minimum absolute atomic E-state index is 0.0263. The van der Waals surface area contributed by atoms with Crippen LogP contribution < -0.4 is 4.90 Å². The fraction of sp³-hybridized carbons (Fsp3) is 0.278. The highest BCUT2D eigenvalue weighted by Crippen LogP contribution is 2.26. The summed E-state index contributed by atoms with van der Waals surface area (Å²) in [4.78, 5) is 28.7. The van der Waals surface area contributed by atoms with Gasteiger partial charge in [0.05, 0.1) is 0 Å². The van der Waals surface area contributed by atoms with E-state index in [1.165, 1.54) is 0 Å². The van der Waals surface area contributed by atoms with Gasteiger partial charge >= 0.3 is 0 Å². The molecule has 1 amide bonds. The summed E-state index contributed by atoms with van der Waals surface area (Å²) in [6.07, 6.45) is 3.47. The van der Waals surface area contributed by atoms with Gasteiger partial charge in [-0.2, -0.15) is 0 Å². The molecule has 0 spiro atoms. The molecule has 3 aromatic rings. The van der Waals surface area contributed by atoms with Crippen molar-refractivity contribution in [3.63, 3.8) is 0 Å². The molecule has 0 aliphatic carbocycles. The first-order chi connectivity index (χ1) is 12.1. The van der Waals surface area contributed by atoms with Crippen molar-refractivity contribution in [2.45, 2.75) is 6.92 Å². The Morgan fingerprint density at radius 1 is 1.16 bits per heavy atom. The number of anilines is 1. The van der Waals surface area contributed by atoms with E-state index >= 15 is 0 Å². The smallest absolute Gasteiger partial charge is 0.270 e. The molecule has 1 fully saturated rings. The number of carbonyl (C=O) groups is 1. The maximum Gasteiger partial charge on any atom is 0.270 e. The molecule has 3 heterocycles. The molecule has 0 atom stereocenters. The summed E-state index contributed by atoms with van der Waals surface area (Å²) < 4.78 is 0. The van der Waals surface area contributed by atoms with Crippen LogP contribution in [0.2, 0.25) is 5.02 Å². The molecule has 6 nitrogen and oxygen atoms in total. The fourth-order valence-electron chi connectivity index (χ4n) is 3.23. The van der Waals surface area contributed by atoms with E-state index in [0.717, 1.165) is 29.6 Å². The molecular weight excluding hydrogens is 338 g/mol. The molecular formula is C18H18ClN5O. The second-order valence-corrected chi connectivity index (χ2v) is 6.58. The van der Waals surface area contributed by atoms with Crippen LogP contribution in [0.4, 0.5) is 5.95 Å². The average molecular weight is 356 g/mol. The SMILES string of the molecule is Cc1c(C(=O)N2CCN(c3ncccn3)CC2)[nH]c2ccc(Cl)cc12. The van der Waals surface area contributed by atoms with Crippen LogP contribution in [0.3, 0.4) is 0 Å². The standard InChI is InChI=1S/C18H18ClN5O/c1-12-14-11-13(19)3-4-15(14)22-16(12)17(25)23-7-9-24(10-8-23)18-20-5-2-6-21-18/h2-6,11,22H,7-10H2,1H3. The largest absolute Gasteiger partial charge is 0.350 e. The zero-order chi connectivity index (χ0) is 17.4. The monoisotopic (exact) mass is 355 g/mol. The molecule has 0 saturated carbocycles. The van der Waals surface area contributed by atoms with E-state index in [1.54, 1.807) is 18.5 Å². The predicted molar refractivity (Wildman–Crippen MR) is 98.2 cm³/mol. The predicted octanol–water partition coefficient (Wildman–Crippen LogP) is 2.88. The molecule has 4 rings (SSSR count). The number of fused-ring (bicyclic) bond motifs is 1. The van der Waals surface area contributed by atoms with Gasteiger partial charge in [-0.1, -0.05) is 11.6 Å². The Kier molecular flexibility index (Phi) is 4.05. The minimum Gasteiger partial charge on any atom is -0.350 e. The highest BCUT2D eigenvalue weighted by Gasteiger charge is 2.25. The Hall–Kier alpha value is -2.60. The zero-order valence-electron chi connectivity index (χ0n) is 13.9. The van der Waals surface area contributed by atoms with Crippen molar-refractivity contribution in [1.29, 1.82) is 0 Å². The van der Waals surface area contributed by atoms with E-state index < -0.39 is 0 Å². The number of hydrogen-bond donors (Lipinski definition) is 1. The van der Waals surface area contributed by atoms with Gasteiger partial charge in [0.2, 0.25) is 5.95 Å². The Morgan fingerprint density at radius 3 is 2.60 bits per heavy atom. The summed E-state index contributed by atoms with van der Waals surface area (Å²) in [5.74, 6) is 0.740. The molecule has 0 radical (unpaired) electrons. The third-order valence-corrected chi connectivity index (χ3v) is 4.87. The molecule has 1 saturated heterocycles. The van der Waals surface area contributed by atoms with Gasteiger partial charge < -0.3 is 14.8 Å². The molecule has 1 aromatic carbocycles. The molecule has 2 aromatic heterocycles. The van der Waals surface area contributed by atoms with Gasteiger partial charge in [-0.15, -0.1) is 0 Å². The molecule has 0 bridgehead atoms. The zero-order valence-corrected chi connectivity index (χ0v) is 14.6. The molecule has 1 aliphatic heterocycles.